The highest BCUT2D eigenvalue weighted by Crippen LogP contribution is 2.24. The molecule has 1 aromatic carbocycles. The van der Waals surface area contributed by atoms with Crippen molar-refractivity contribution in [3.63, 3.8) is 0 Å². The third-order valence-corrected chi connectivity index (χ3v) is 4.67. The van der Waals surface area contributed by atoms with Crippen LogP contribution in [0, 0.1) is 11.3 Å². The van der Waals surface area contributed by atoms with Gasteiger partial charge in [0.1, 0.15) is 0 Å². The minimum Gasteiger partial charge on any atom is -0.360 e. The van der Waals surface area contributed by atoms with Crippen molar-refractivity contribution in [1.29, 1.82) is 5.26 Å². The number of nitrogens with zero attached hydrogens (tertiary/aromatic N) is 5. The van der Waals surface area contributed by atoms with Crippen LogP contribution in [0.15, 0.2) is 55.0 Å². The van der Waals surface area contributed by atoms with Crippen molar-refractivity contribution < 1.29 is 0 Å². The molecule has 0 atom stereocenters. The van der Waals surface area contributed by atoms with Gasteiger partial charge in [0, 0.05) is 24.5 Å². The number of nitrogens with one attached hydrogen (secondary N) is 1. The zero-order chi connectivity index (χ0) is 17.1. The van der Waals surface area contributed by atoms with Crippen molar-refractivity contribution >= 4 is 21.4 Å². The molecular weight excluding hydrogens is 332 g/mol. The van der Waals surface area contributed by atoms with Gasteiger partial charge in [-0.05, 0) is 36.2 Å². The van der Waals surface area contributed by atoms with Gasteiger partial charge in [-0.15, -0.1) is 5.10 Å². The number of pyridine rings is 1. The summed E-state index contributed by atoms with van der Waals surface area (Å²) in [5.74, 6) is 0. The van der Waals surface area contributed by atoms with Crippen LogP contribution in [0.5, 0.6) is 0 Å². The lowest BCUT2D eigenvalue weighted by atomic mass is 10.1. The Balaban J connectivity index is 1.45. The summed E-state index contributed by atoms with van der Waals surface area (Å²) in [7, 11) is 0. The van der Waals surface area contributed by atoms with E-state index in [0.717, 1.165) is 34.3 Å². The first-order valence-electron chi connectivity index (χ1n) is 7.81. The average molecular weight is 346 g/mol. The van der Waals surface area contributed by atoms with Crippen molar-refractivity contribution in [3.8, 4) is 17.3 Å². The molecule has 25 heavy (non-hydrogen) atoms. The molecule has 122 valence electrons. The zero-order valence-electron chi connectivity index (χ0n) is 13.3. The summed E-state index contributed by atoms with van der Waals surface area (Å²) in [6.45, 7) is 0.809. The smallest absolute Gasteiger partial charge is 0.214 e. The molecule has 0 saturated heterocycles. The van der Waals surface area contributed by atoms with Crippen LogP contribution >= 0.6 is 11.3 Å². The van der Waals surface area contributed by atoms with Crippen LogP contribution in [-0.2, 0) is 6.42 Å². The van der Waals surface area contributed by atoms with Gasteiger partial charge in [0.25, 0.3) is 0 Å². The number of benzene rings is 1. The second-order valence-corrected chi connectivity index (χ2v) is 6.44. The Kier molecular flexibility index (Phi) is 4.11. The number of nitriles is 1. The van der Waals surface area contributed by atoms with Crippen LogP contribution in [0.25, 0.3) is 16.2 Å². The van der Waals surface area contributed by atoms with Gasteiger partial charge in [0.05, 0.1) is 23.5 Å². The van der Waals surface area contributed by atoms with Crippen molar-refractivity contribution in [2.24, 2.45) is 0 Å². The fourth-order valence-electron chi connectivity index (χ4n) is 2.49. The van der Waals surface area contributed by atoms with Gasteiger partial charge in [0.15, 0.2) is 0 Å². The molecule has 0 aliphatic carbocycles. The second kappa shape index (κ2) is 6.71. The number of aromatic nitrogens is 4. The molecule has 1 N–H and O–H groups in total. The van der Waals surface area contributed by atoms with Crippen LogP contribution in [0.2, 0.25) is 0 Å². The van der Waals surface area contributed by atoms with Gasteiger partial charge in [-0.1, -0.05) is 23.5 Å². The van der Waals surface area contributed by atoms with Crippen LogP contribution in [0.1, 0.15) is 11.1 Å². The molecule has 6 nitrogen and oxygen atoms in total. The summed E-state index contributed by atoms with van der Waals surface area (Å²) in [4.78, 5) is 9.47. The van der Waals surface area contributed by atoms with Crippen LogP contribution < -0.4 is 5.32 Å². The Morgan fingerprint density at radius 2 is 1.92 bits per heavy atom. The molecule has 0 bridgehead atoms. The molecule has 0 amide bonds. The number of fused-ring (bicyclic) bond motifs is 1. The Morgan fingerprint density at radius 3 is 2.64 bits per heavy atom. The number of rotatable bonds is 5. The van der Waals surface area contributed by atoms with E-state index in [0.29, 0.717) is 5.56 Å². The van der Waals surface area contributed by atoms with Crippen molar-refractivity contribution in [2.75, 3.05) is 11.9 Å². The monoisotopic (exact) mass is 346 g/mol. The average Bonchev–Trinajstić information content (AvgIpc) is 3.21. The van der Waals surface area contributed by atoms with E-state index in [1.807, 2.05) is 30.5 Å². The lowest BCUT2D eigenvalue weighted by Crippen LogP contribution is -2.04. The maximum absolute atomic E-state index is 8.87. The van der Waals surface area contributed by atoms with Gasteiger partial charge in [-0.25, -0.2) is 9.50 Å². The Bertz CT molecular complexity index is 996. The largest absolute Gasteiger partial charge is 0.360 e. The maximum Gasteiger partial charge on any atom is 0.214 e. The highest BCUT2D eigenvalue weighted by molar-refractivity contribution is 7.20. The molecular formula is C18H14N6S. The minimum absolute atomic E-state index is 0.642. The first kappa shape index (κ1) is 15.3. The van der Waals surface area contributed by atoms with Gasteiger partial charge < -0.3 is 5.32 Å². The first-order valence-corrected chi connectivity index (χ1v) is 8.63. The van der Waals surface area contributed by atoms with E-state index in [4.69, 9.17) is 5.26 Å². The van der Waals surface area contributed by atoms with Gasteiger partial charge >= 0.3 is 0 Å². The molecule has 4 aromatic rings. The Morgan fingerprint density at radius 1 is 1.12 bits per heavy atom. The fourth-order valence-corrected chi connectivity index (χ4v) is 3.30. The Hall–Kier alpha value is -3.24. The van der Waals surface area contributed by atoms with Crippen LogP contribution in [0.4, 0.5) is 5.13 Å². The van der Waals surface area contributed by atoms with Gasteiger partial charge in [0.2, 0.25) is 10.1 Å². The van der Waals surface area contributed by atoms with E-state index in [1.54, 1.807) is 29.0 Å². The van der Waals surface area contributed by atoms with Crippen LogP contribution in [-0.4, -0.2) is 26.1 Å². The maximum atomic E-state index is 8.87. The number of hydrogen-bond donors (Lipinski definition) is 1. The molecule has 0 aliphatic rings. The molecule has 0 fully saturated rings. The SMILES string of the molecule is N#Cc1ccc(-c2cn3nc(NCCc4ccncc4)sc3n2)cc1. The summed E-state index contributed by atoms with van der Waals surface area (Å²) in [5, 5.41) is 17.6. The van der Waals surface area contributed by atoms with Gasteiger partial charge in [-0.2, -0.15) is 5.26 Å². The molecule has 0 radical (unpaired) electrons. The number of imidazole rings is 1. The fraction of sp³-hybridized carbons (Fsp3) is 0.111. The third-order valence-electron chi connectivity index (χ3n) is 3.79. The van der Waals surface area contributed by atoms with Crippen molar-refractivity contribution in [3.05, 3.63) is 66.1 Å². The number of anilines is 1. The van der Waals surface area contributed by atoms with Gasteiger partial charge in [-0.3, -0.25) is 4.98 Å². The normalized spacial score (nSPS) is 10.7. The molecule has 3 aromatic heterocycles. The molecule has 7 heteroatoms. The Labute approximate surface area is 148 Å². The second-order valence-electron chi connectivity index (χ2n) is 5.48. The zero-order valence-corrected chi connectivity index (χ0v) is 14.1. The summed E-state index contributed by atoms with van der Waals surface area (Å²) in [6.07, 6.45) is 6.43. The quantitative estimate of drug-likeness (QED) is 0.599. The molecule has 0 saturated carbocycles. The molecule has 0 spiro atoms. The summed E-state index contributed by atoms with van der Waals surface area (Å²) in [5.41, 5.74) is 3.71. The first-order chi connectivity index (χ1) is 12.3. The van der Waals surface area contributed by atoms with E-state index < -0.39 is 0 Å². The molecule has 3 heterocycles. The van der Waals surface area contributed by atoms with Crippen molar-refractivity contribution in [1.82, 2.24) is 19.6 Å². The van der Waals surface area contributed by atoms with E-state index in [-0.39, 0.29) is 0 Å². The van der Waals surface area contributed by atoms with E-state index >= 15 is 0 Å². The minimum atomic E-state index is 0.642. The highest BCUT2D eigenvalue weighted by Gasteiger charge is 2.09. The van der Waals surface area contributed by atoms with Crippen molar-refractivity contribution in [2.45, 2.75) is 6.42 Å². The van der Waals surface area contributed by atoms with E-state index in [1.165, 1.54) is 16.9 Å². The highest BCUT2D eigenvalue weighted by atomic mass is 32.1. The van der Waals surface area contributed by atoms with E-state index in [9.17, 15) is 0 Å². The van der Waals surface area contributed by atoms with E-state index in [2.05, 4.69) is 26.5 Å². The summed E-state index contributed by atoms with van der Waals surface area (Å²) >= 11 is 1.52. The molecule has 0 aliphatic heterocycles. The summed E-state index contributed by atoms with van der Waals surface area (Å²) < 4.78 is 1.78. The third kappa shape index (κ3) is 3.34. The predicted octanol–water partition coefficient (Wildman–Crippen LogP) is 3.38. The molecule has 4 rings (SSSR count). The topological polar surface area (TPSA) is 78.9 Å². The summed E-state index contributed by atoms with van der Waals surface area (Å²) in [6, 6.07) is 13.5. The lowest BCUT2D eigenvalue weighted by molar-refractivity contribution is 0.947. The standard InChI is InChI=1S/C18H14N6S/c19-11-14-1-3-15(4-2-14)16-12-24-18(22-16)25-17(23-24)21-10-7-13-5-8-20-9-6-13/h1-6,8-9,12H,7,10H2,(H,21,23). The number of hydrogen-bond acceptors (Lipinski definition) is 6. The predicted molar refractivity (Wildman–Crippen MR) is 97.4 cm³/mol. The lowest BCUT2D eigenvalue weighted by Gasteiger charge is -2.01. The molecule has 0 unspecified atom stereocenters. The van der Waals surface area contributed by atoms with Crippen LogP contribution in [0.3, 0.4) is 0 Å².